The van der Waals surface area contributed by atoms with Crippen LogP contribution < -0.4 is 16.5 Å². The molecule has 1 atom stereocenters. The minimum atomic E-state index is -0.486. The summed E-state index contributed by atoms with van der Waals surface area (Å²) >= 11 is 0. The maximum atomic E-state index is 13.2. The summed E-state index contributed by atoms with van der Waals surface area (Å²) in [5, 5.41) is 2.70. The molecule has 4 N–H and O–H groups in total. The highest BCUT2D eigenvalue weighted by Gasteiger charge is 2.36. The van der Waals surface area contributed by atoms with Gasteiger partial charge in [0.2, 0.25) is 11.3 Å². The zero-order valence-electron chi connectivity index (χ0n) is 19.1. The summed E-state index contributed by atoms with van der Waals surface area (Å²) in [4.78, 5) is 44.8. The van der Waals surface area contributed by atoms with Crippen molar-refractivity contribution >= 4 is 17.5 Å². The van der Waals surface area contributed by atoms with Gasteiger partial charge < -0.3 is 20.9 Å². The molecule has 34 heavy (non-hydrogen) atoms. The van der Waals surface area contributed by atoms with Gasteiger partial charge in [0, 0.05) is 51.5 Å². The molecule has 8 nitrogen and oxygen atoms in total. The first-order chi connectivity index (χ1) is 16.5. The lowest BCUT2D eigenvalue weighted by molar-refractivity contribution is -0.122. The van der Waals surface area contributed by atoms with E-state index in [0.29, 0.717) is 19.6 Å². The molecule has 1 aliphatic rings. The largest absolute Gasteiger partial charge is 0.394 e. The standard InChI is InChI=1S/C26H29N5O3/c1-28-23(32)14-20-17-30(26(34)21-15-29-16-22(27)25(21)33)12-13-31(20)24(18-8-4-2-5-9-18)19-10-6-3-7-11-19/h2-11,15-16,20,24H,12-14,17,27H2,1H3,(H,28,32)(H,29,33)/t20-/m1/s1. The van der Waals surface area contributed by atoms with E-state index in [4.69, 9.17) is 5.73 Å². The maximum absolute atomic E-state index is 13.2. The third-order valence-corrected chi connectivity index (χ3v) is 6.28. The van der Waals surface area contributed by atoms with E-state index in [1.54, 1.807) is 11.9 Å². The number of carbonyl (C=O) groups excluding carboxylic acids is 2. The van der Waals surface area contributed by atoms with Crippen LogP contribution in [0, 0.1) is 0 Å². The van der Waals surface area contributed by atoms with Crippen molar-refractivity contribution in [2.45, 2.75) is 18.5 Å². The molecule has 0 radical (unpaired) electrons. The smallest absolute Gasteiger partial charge is 0.259 e. The highest BCUT2D eigenvalue weighted by atomic mass is 16.2. The van der Waals surface area contributed by atoms with E-state index in [1.807, 2.05) is 36.4 Å². The molecule has 1 aliphatic heterocycles. The van der Waals surface area contributed by atoms with Gasteiger partial charge in [0.15, 0.2) is 0 Å². The normalized spacial score (nSPS) is 16.4. The van der Waals surface area contributed by atoms with Gasteiger partial charge in [-0.3, -0.25) is 19.3 Å². The molecule has 8 heteroatoms. The molecule has 0 unspecified atom stereocenters. The van der Waals surface area contributed by atoms with Gasteiger partial charge in [0.05, 0.1) is 11.7 Å². The maximum Gasteiger partial charge on any atom is 0.259 e. The number of benzene rings is 2. The first-order valence-corrected chi connectivity index (χ1v) is 11.3. The number of aromatic nitrogens is 1. The summed E-state index contributed by atoms with van der Waals surface area (Å²) in [6.07, 6.45) is 2.98. The molecule has 0 spiro atoms. The van der Waals surface area contributed by atoms with Crippen molar-refractivity contribution in [2.24, 2.45) is 0 Å². The Hall–Kier alpha value is -3.91. The second kappa shape index (κ2) is 10.4. The van der Waals surface area contributed by atoms with Crippen molar-refractivity contribution in [2.75, 3.05) is 32.4 Å². The van der Waals surface area contributed by atoms with Crippen LogP contribution in [0.1, 0.15) is 33.9 Å². The number of H-pyrrole nitrogens is 1. The molecule has 0 aliphatic carbocycles. The molecule has 3 aromatic rings. The Labute approximate surface area is 198 Å². The third-order valence-electron chi connectivity index (χ3n) is 6.28. The van der Waals surface area contributed by atoms with Crippen molar-refractivity contribution in [3.63, 3.8) is 0 Å². The van der Waals surface area contributed by atoms with E-state index >= 15 is 0 Å². The molecule has 2 heterocycles. The number of nitrogens with one attached hydrogen (secondary N) is 2. The number of carbonyl (C=O) groups is 2. The number of nitrogen functional groups attached to an aromatic ring is 1. The average molecular weight is 460 g/mol. The van der Waals surface area contributed by atoms with E-state index in [-0.39, 0.29) is 41.6 Å². The summed E-state index contributed by atoms with van der Waals surface area (Å²) in [6.45, 7) is 1.28. The fraction of sp³-hybridized carbons (Fsp3) is 0.269. The Morgan fingerprint density at radius 1 is 1.03 bits per heavy atom. The van der Waals surface area contributed by atoms with Gasteiger partial charge in [-0.25, -0.2) is 0 Å². The number of anilines is 1. The van der Waals surface area contributed by atoms with Crippen molar-refractivity contribution in [3.05, 3.63) is 100.0 Å². The Kier molecular flexibility index (Phi) is 7.08. The van der Waals surface area contributed by atoms with Crippen molar-refractivity contribution in [3.8, 4) is 0 Å². The average Bonchev–Trinajstić information content (AvgIpc) is 2.87. The number of nitrogens with zero attached hydrogens (tertiary/aromatic N) is 2. The number of rotatable bonds is 6. The lowest BCUT2D eigenvalue weighted by Gasteiger charge is -2.45. The second-order valence-electron chi connectivity index (χ2n) is 8.40. The van der Waals surface area contributed by atoms with Crippen LogP contribution in [0.15, 0.2) is 77.9 Å². The number of amides is 2. The zero-order chi connectivity index (χ0) is 24.1. The molecule has 2 amide bonds. The van der Waals surface area contributed by atoms with Crippen LogP contribution in [0.3, 0.4) is 0 Å². The third kappa shape index (κ3) is 4.87. The lowest BCUT2D eigenvalue weighted by atomic mass is 9.93. The van der Waals surface area contributed by atoms with E-state index in [9.17, 15) is 14.4 Å². The SMILES string of the molecule is CNC(=O)C[C@@H]1CN(C(=O)c2c[nH]cc(N)c2=O)CCN1C(c1ccccc1)c1ccccc1. The topological polar surface area (TPSA) is 112 Å². The van der Waals surface area contributed by atoms with Gasteiger partial charge in [0.1, 0.15) is 5.56 Å². The van der Waals surface area contributed by atoms with Gasteiger partial charge in [0.25, 0.3) is 5.91 Å². The molecule has 0 saturated carbocycles. The van der Waals surface area contributed by atoms with Gasteiger partial charge in [-0.2, -0.15) is 0 Å². The highest BCUT2D eigenvalue weighted by molar-refractivity contribution is 5.94. The molecule has 1 aromatic heterocycles. The van der Waals surface area contributed by atoms with Crippen LogP contribution >= 0.6 is 0 Å². The van der Waals surface area contributed by atoms with Crippen molar-refractivity contribution in [1.82, 2.24) is 20.1 Å². The minimum absolute atomic E-state index is 0.000356. The summed E-state index contributed by atoms with van der Waals surface area (Å²) in [6, 6.07) is 20.0. The zero-order valence-corrected chi connectivity index (χ0v) is 19.1. The molecule has 176 valence electrons. The van der Waals surface area contributed by atoms with Crippen LogP contribution in [0.2, 0.25) is 0 Å². The first kappa shape index (κ1) is 23.3. The Morgan fingerprint density at radius 2 is 1.65 bits per heavy atom. The van der Waals surface area contributed by atoms with Crippen LogP contribution in [0.25, 0.3) is 0 Å². The Balaban J connectivity index is 1.68. The molecular formula is C26H29N5O3. The van der Waals surface area contributed by atoms with E-state index in [0.717, 1.165) is 11.1 Å². The van der Waals surface area contributed by atoms with Gasteiger partial charge in [-0.15, -0.1) is 0 Å². The quantitative estimate of drug-likeness (QED) is 0.522. The number of hydrogen-bond acceptors (Lipinski definition) is 5. The number of nitrogens with two attached hydrogens (primary N) is 1. The summed E-state index contributed by atoms with van der Waals surface area (Å²) < 4.78 is 0. The van der Waals surface area contributed by atoms with Gasteiger partial charge in [-0.1, -0.05) is 60.7 Å². The minimum Gasteiger partial charge on any atom is -0.394 e. The Bertz CT molecular complexity index is 1160. The Morgan fingerprint density at radius 3 is 2.24 bits per heavy atom. The van der Waals surface area contributed by atoms with Crippen LogP contribution in [0.5, 0.6) is 0 Å². The molecular weight excluding hydrogens is 430 g/mol. The van der Waals surface area contributed by atoms with E-state index < -0.39 is 5.43 Å². The molecule has 2 aromatic carbocycles. The fourth-order valence-electron chi connectivity index (χ4n) is 4.57. The molecule has 0 bridgehead atoms. The predicted molar refractivity (Wildman–Crippen MR) is 131 cm³/mol. The van der Waals surface area contributed by atoms with Crippen molar-refractivity contribution < 1.29 is 9.59 Å². The number of piperazine rings is 1. The summed E-state index contributed by atoms with van der Waals surface area (Å²) in [7, 11) is 1.61. The van der Waals surface area contributed by atoms with Crippen LogP contribution in [0.4, 0.5) is 5.69 Å². The highest BCUT2D eigenvalue weighted by Crippen LogP contribution is 2.33. The molecule has 1 fully saturated rings. The summed E-state index contributed by atoms with van der Waals surface area (Å²) in [5.74, 6) is -0.489. The van der Waals surface area contributed by atoms with Crippen molar-refractivity contribution in [1.29, 1.82) is 0 Å². The molecule has 4 rings (SSSR count). The first-order valence-electron chi connectivity index (χ1n) is 11.3. The van der Waals surface area contributed by atoms with Crippen LogP contribution in [-0.4, -0.2) is 59.3 Å². The number of aromatic amines is 1. The summed E-state index contributed by atoms with van der Waals surface area (Å²) in [5.41, 5.74) is 7.46. The van der Waals surface area contributed by atoms with Gasteiger partial charge >= 0.3 is 0 Å². The van der Waals surface area contributed by atoms with E-state index in [1.165, 1.54) is 12.4 Å². The van der Waals surface area contributed by atoms with Crippen LogP contribution in [-0.2, 0) is 4.79 Å². The van der Waals surface area contributed by atoms with E-state index in [2.05, 4.69) is 39.5 Å². The number of hydrogen-bond donors (Lipinski definition) is 3. The van der Waals surface area contributed by atoms with Gasteiger partial charge in [-0.05, 0) is 11.1 Å². The second-order valence-corrected chi connectivity index (χ2v) is 8.40. The number of pyridine rings is 1. The predicted octanol–water partition coefficient (Wildman–Crippen LogP) is 2.01. The molecule has 1 saturated heterocycles. The lowest BCUT2D eigenvalue weighted by Crippen LogP contribution is -2.57. The monoisotopic (exact) mass is 459 g/mol. The fourth-order valence-corrected chi connectivity index (χ4v) is 4.57.